The predicted octanol–water partition coefficient (Wildman–Crippen LogP) is 2.55. The van der Waals surface area contributed by atoms with E-state index in [1.165, 1.54) is 5.56 Å². The molecule has 0 aliphatic heterocycles. The standard InChI is InChI=1S/C15H25ClN2O2/c1-18(9-5-10-19-2)15-13(6-4-7-14(15)16)12-17-8-11-20-3/h4,6-7,17H,5,8-12H2,1-3H3. The van der Waals surface area contributed by atoms with Crippen molar-refractivity contribution in [3.63, 3.8) is 0 Å². The fourth-order valence-electron chi connectivity index (χ4n) is 2.09. The molecule has 4 nitrogen and oxygen atoms in total. The average molecular weight is 301 g/mol. The van der Waals surface area contributed by atoms with Crippen molar-refractivity contribution >= 4 is 17.3 Å². The molecule has 0 spiro atoms. The molecule has 0 heterocycles. The Balaban J connectivity index is 2.66. The molecule has 20 heavy (non-hydrogen) atoms. The van der Waals surface area contributed by atoms with E-state index in [0.717, 1.165) is 43.4 Å². The van der Waals surface area contributed by atoms with E-state index >= 15 is 0 Å². The van der Waals surface area contributed by atoms with E-state index in [1.807, 2.05) is 12.1 Å². The van der Waals surface area contributed by atoms with Crippen molar-refractivity contribution in [2.45, 2.75) is 13.0 Å². The highest BCUT2D eigenvalue weighted by Crippen LogP contribution is 2.29. The quantitative estimate of drug-likeness (QED) is 0.673. The molecule has 1 aromatic rings. The van der Waals surface area contributed by atoms with Gasteiger partial charge in [0.1, 0.15) is 0 Å². The second-order valence-electron chi connectivity index (χ2n) is 4.69. The van der Waals surface area contributed by atoms with Crippen molar-refractivity contribution in [3.05, 3.63) is 28.8 Å². The molecule has 0 atom stereocenters. The fraction of sp³-hybridized carbons (Fsp3) is 0.600. The molecule has 1 aromatic carbocycles. The van der Waals surface area contributed by atoms with Crippen LogP contribution in [0.15, 0.2) is 18.2 Å². The number of ether oxygens (including phenoxy) is 2. The molecule has 5 heteroatoms. The zero-order valence-electron chi connectivity index (χ0n) is 12.6. The first-order valence-electron chi connectivity index (χ1n) is 6.87. The molecule has 0 aliphatic rings. The summed E-state index contributed by atoms with van der Waals surface area (Å²) in [5, 5.41) is 4.15. The molecule has 1 rings (SSSR count). The first kappa shape index (κ1) is 17.2. The summed E-state index contributed by atoms with van der Waals surface area (Å²) in [6.45, 7) is 4.00. The molecule has 0 unspecified atom stereocenters. The van der Waals surface area contributed by atoms with E-state index in [2.05, 4.69) is 23.3 Å². The highest BCUT2D eigenvalue weighted by molar-refractivity contribution is 6.33. The third-order valence-corrected chi connectivity index (χ3v) is 3.40. The van der Waals surface area contributed by atoms with Crippen molar-refractivity contribution in [1.82, 2.24) is 5.32 Å². The Morgan fingerprint density at radius 2 is 1.95 bits per heavy atom. The largest absolute Gasteiger partial charge is 0.385 e. The van der Waals surface area contributed by atoms with Gasteiger partial charge in [0.15, 0.2) is 0 Å². The zero-order chi connectivity index (χ0) is 14.8. The van der Waals surface area contributed by atoms with Gasteiger partial charge in [-0.3, -0.25) is 0 Å². The first-order valence-corrected chi connectivity index (χ1v) is 7.25. The summed E-state index contributed by atoms with van der Waals surface area (Å²) < 4.78 is 10.1. The number of benzene rings is 1. The van der Waals surface area contributed by atoms with Gasteiger partial charge in [0.05, 0.1) is 17.3 Å². The van der Waals surface area contributed by atoms with Gasteiger partial charge in [0.25, 0.3) is 0 Å². The highest BCUT2D eigenvalue weighted by atomic mass is 35.5. The van der Waals surface area contributed by atoms with Crippen molar-refractivity contribution in [1.29, 1.82) is 0 Å². The number of nitrogens with one attached hydrogen (secondary N) is 1. The molecular weight excluding hydrogens is 276 g/mol. The lowest BCUT2D eigenvalue weighted by Crippen LogP contribution is -2.24. The highest BCUT2D eigenvalue weighted by Gasteiger charge is 2.11. The summed E-state index contributed by atoms with van der Waals surface area (Å²) in [5.41, 5.74) is 2.30. The maximum atomic E-state index is 6.35. The van der Waals surface area contributed by atoms with Gasteiger partial charge in [0.2, 0.25) is 0 Å². The lowest BCUT2D eigenvalue weighted by atomic mass is 10.1. The molecule has 0 bridgehead atoms. The summed E-state index contributed by atoms with van der Waals surface area (Å²) in [5.74, 6) is 0. The van der Waals surface area contributed by atoms with Crippen LogP contribution in [0.25, 0.3) is 0 Å². The van der Waals surface area contributed by atoms with Gasteiger partial charge >= 0.3 is 0 Å². The van der Waals surface area contributed by atoms with Crippen molar-refractivity contribution < 1.29 is 9.47 Å². The molecular formula is C15H25ClN2O2. The van der Waals surface area contributed by atoms with E-state index in [1.54, 1.807) is 14.2 Å². The number of halogens is 1. The SMILES string of the molecule is COCCCN(C)c1c(Cl)cccc1CNCCOC. The number of nitrogens with zero attached hydrogens (tertiary/aromatic N) is 1. The molecule has 0 radical (unpaired) electrons. The fourth-order valence-corrected chi connectivity index (χ4v) is 2.42. The Morgan fingerprint density at radius 3 is 2.65 bits per heavy atom. The molecule has 114 valence electrons. The summed E-state index contributed by atoms with van der Waals surface area (Å²) in [6, 6.07) is 6.03. The minimum Gasteiger partial charge on any atom is -0.385 e. The number of methoxy groups -OCH3 is 2. The van der Waals surface area contributed by atoms with Crippen LogP contribution < -0.4 is 10.2 Å². The van der Waals surface area contributed by atoms with Gasteiger partial charge in [-0.1, -0.05) is 23.7 Å². The molecule has 0 fully saturated rings. The third kappa shape index (κ3) is 5.67. The smallest absolute Gasteiger partial charge is 0.0642 e. The second kappa shape index (κ2) is 10.00. The molecule has 0 saturated heterocycles. The number of rotatable bonds is 10. The van der Waals surface area contributed by atoms with Gasteiger partial charge in [-0.15, -0.1) is 0 Å². The summed E-state index contributed by atoms with van der Waals surface area (Å²) >= 11 is 6.35. The summed E-state index contributed by atoms with van der Waals surface area (Å²) in [4.78, 5) is 2.19. The van der Waals surface area contributed by atoms with Gasteiger partial charge in [-0.2, -0.15) is 0 Å². The van der Waals surface area contributed by atoms with Crippen LogP contribution in [0.5, 0.6) is 0 Å². The Morgan fingerprint density at radius 1 is 1.20 bits per heavy atom. The Hall–Kier alpha value is -0.810. The monoisotopic (exact) mass is 300 g/mol. The number of anilines is 1. The van der Waals surface area contributed by atoms with Crippen LogP contribution in [-0.4, -0.2) is 47.6 Å². The number of hydrogen-bond donors (Lipinski definition) is 1. The topological polar surface area (TPSA) is 33.7 Å². The maximum Gasteiger partial charge on any atom is 0.0642 e. The van der Waals surface area contributed by atoms with Gasteiger partial charge in [-0.25, -0.2) is 0 Å². The van der Waals surface area contributed by atoms with Crippen LogP contribution in [0.4, 0.5) is 5.69 Å². The average Bonchev–Trinajstić information content (AvgIpc) is 2.44. The predicted molar refractivity (Wildman–Crippen MR) is 84.8 cm³/mol. The van der Waals surface area contributed by atoms with Crippen LogP contribution in [0.2, 0.25) is 5.02 Å². The van der Waals surface area contributed by atoms with Crippen LogP contribution in [0.3, 0.4) is 0 Å². The van der Waals surface area contributed by atoms with Crippen LogP contribution >= 0.6 is 11.6 Å². The Bertz CT molecular complexity index is 388. The minimum atomic E-state index is 0.708. The minimum absolute atomic E-state index is 0.708. The molecule has 1 N–H and O–H groups in total. The summed E-state index contributed by atoms with van der Waals surface area (Å²) in [6.07, 6.45) is 0.981. The first-order chi connectivity index (χ1) is 9.70. The van der Waals surface area contributed by atoms with E-state index < -0.39 is 0 Å². The van der Waals surface area contributed by atoms with Crippen LogP contribution in [0, 0.1) is 0 Å². The van der Waals surface area contributed by atoms with Crippen molar-refractivity contribution in [2.75, 3.05) is 52.5 Å². The Labute approximate surface area is 127 Å². The van der Waals surface area contributed by atoms with E-state index in [9.17, 15) is 0 Å². The van der Waals surface area contributed by atoms with Gasteiger partial charge in [0, 0.05) is 47.5 Å². The lowest BCUT2D eigenvalue weighted by molar-refractivity contribution is 0.196. The van der Waals surface area contributed by atoms with E-state index in [0.29, 0.717) is 6.61 Å². The molecule has 0 saturated carbocycles. The third-order valence-electron chi connectivity index (χ3n) is 3.09. The van der Waals surface area contributed by atoms with E-state index in [-0.39, 0.29) is 0 Å². The second-order valence-corrected chi connectivity index (χ2v) is 5.09. The van der Waals surface area contributed by atoms with Crippen LogP contribution in [-0.2, 0) is 16.0 Å². The molecule has 0 aliphatic carbocycles. The summed E-state index contributed by atoms with van der Waals surface area (Å²) in [7, 11) is 5.49. The lowest BCUT2D eigenvalue weighted by Gasteiger charge is -2.24. The van der Waals surface area contributed by atoms with Gasteiger partial charge in [-0.05, 0) is 18.1 Å². The zero-order valence-corrected chi connectivity index (χ0v) is 13.4. The number of para-hydroxylation sites is 1. The molecule has 0 amide bonds. The Kier molecular flexibility index (Phi) is 8.62. The van der Waals surface area contributed by atoms with E-state index in [4.69, 9.17) is 21.1 Å². The van der Waals surface area contributed by atoms with Crippen molar-refractivity contribution in [2.24, 2.45) is 0 Å². The van der Waals surface area contributed by atoms with Gasteiger partial charge < -0.3 is 19.7 Å². The van der Waals surface area contributed by atoms with Crippen molar-refractivity contribution in [3.8, 4) is 0 Å². The van der Waals surface area contributed by atoms with Crippen LogP contribution in [0.1, 0.15) is 12.0 Å². The maximum absolute atomic E-state index is 6.35. The number of hydrogen-bond acceptors (Lipinski definition) is 4. The normalized spacial score (nSPS) is 10.8. The molecule has 0 aromatic heterocycles.